The lowest BCUT2D eigenvalue weighted by atomic mass is 9.99. The molecule has 1 N–H and O–H groups in total. The number of nitrogens with zero attached hydrogens (tertiary/aromatic N) is 2. The summed E-state index contributed by atoms with van der Waals surface area (Å²) in [7, 11) is 0. The van der Waals surface area contributed by atoms with Crippen LogP contribution in [0.4, 0.5) is 0 Å². The summed E-state index contributed by atoms with van der Waals surface area (Å²) in [4.78, 5) is 27.5. The molecule has 2 fully saturated rings. The van der Waals surface area contributed by atoms with Crippen LogP contribution in [0.5, 0.6) is 0 Å². The van der Waals surface area contributed by atoms with Gasteiger partial charge in [-0.1, -0.05) is 0 Å². The Balaban J connectivity index is 2.15. The first kappa shape index (κ1) is 11.4. The molecule has 2 saturated heterocycles. The van der Waals surface area contributed by atoms with Crippen molar-refractivity contribution in [1.82, 2.24) is 15.1 Å². The number of amides is 2. The highest BCUT2D eigenvalue weighted by molar-refractivity contribution is 5.90. The van der Waals surface area contributed by atoms with Crippen molar-refractivity contribution in [3.05, 3.63) is 0 Å². The summed E-state index contributed by atoms with van der Waals surface area (Å²) in [6.45, 7) is 8.19. The first-order chi connectivity index (χ1) is 7.39. The highest BCUT2D eigenvalue weighted by Crippen LogP contribution is 2.23. The molecule has 2 rings (SSSR count). The van der Waals surface area contributed by atoms with Gasteiger partial charge >= 0.3 is 0 Å². The van der Waals surface area contributed by atoms with Crippen molar-refractivity contribution >= 4 is 11.8 Å². The second kappa shape index (κ2) is 3.73. The van der Waals surface area contributed by atoms with Crippen molar-refractivity contribution in [2.75, 3.05) is 19.8 Å². The lowest BCUT2D eigenvalue weighted by molar-refractivity contribution is -0.153. The third-order valence-electron chi connectivity index (χ3n) is 3.27. The maximum Gasteiger partial charge on any atom is 0.240 e. The molecule has 2 aliphatic heterocycles. The fourth-order valence-electron chi connectivity index (χ4n) is 2.34. The molecular weight excluding hydrogens is 206 g/mol. The van der Waals surface area contributed by atoms with Gasteiger partial charge in [0.15, 0.2) is 0 Å². The monoisotopic (exact) mass is 225 g/mol. The fraction of sp³-hybridized carbons (Fsp3) is 0.818. The van der Waals surface area contributed by atoms with Crippen molar-refractivity contribution in [2.24, 2.45) is 0 Å². The minimum atomic E-state index is -0.248. The predicted octanol–water partition coefficient (Wildman–Crippen LogP) is -0.225. The van der Waals surface area contributed by atoms with Crippen LogP contribution >= 0.6 is 0 Å². The van der Waals surface area contributed by atoms with E-state index in [4.69, 9.17) is 0 Å². The van der Waals surface area contributed by atoms with Crippen molar-refractivity contribution in [3.8, 4) is 0 Å². The van der Waals surface area contributed by atoms with E-state index in [9.17, 15) is 9.59 Å². The van der Waals surface area contributed by atoms with E-state index in [-0.39, 0.29) is 23.4 Å². The van der Waals surface area contributed by atoms with E-state index in [0.29, 0.717) is 13.1 Å². The van der Waals surface area contributed by atoms with Crippen LogP contribution in [0.2, 0.25) is 0 Å². The lowest BCUT2D eigenvalue weighted by Crippen LogP contribution is -2.66. The van der Waals surface area contributed by atoms with Gasteiger partial charge in [-0.15, -0.1) is 0 Å². The van der Waals surface area contributed by atoms with Gasteiger partial charge in [-0.3, -0.25) is 14.5 Å². The Morgan fingerprint density at radius 1 is 1.25 bits per heavy atom. The SMILES string of the molecule is CC(C)(C)N1CCN2CNC(=O)CC2C1=O. The first-order valence-corrected chi connectivity index (χ1v) is 5.72. The van der Waals surface area contributed by atoms with Gasteiger partial charge in [0.05, 0.1) is 19.1 Å². The van der Waals surface area contributed by atoms with Crippen molar-refractivity contribution < 1.29 is 9.59 Å². The van der Waals surface area contributed by atoms with E-state index in [1.54, 1.807) is 0 Å². The molecule has 0 saturated carbocycles. The lowest BCUT2D eigenvalue weighted by Gasteiger charge is -2.47. The first-order valence-electron chi connectivity index (χ1n) is 5.72. The van der Waals surface area contributed by atoms with Crippen LogP contribution in [0.25, 0.3) is 0 Å². The maximum atomic E-state index is 12.3. The highest BCUT2D eigenvalue weighted by Gasteiger charge is 2.41. The zero-order valence-corrected chi connectivity index (χ0v) is 10.1. The summed E-state index contributed by atoms with van der Waals surface area (Å²) < 4.78 is 0. The van der Waals surface area contributed by atoms with Gasteiger partial charge in [0.25, 0.3) is 0 Å². The third kappa shape index (κ3) is 1.91. The average Bonchev–Trinajstić information content (AvgIpc) is 2.17. The molecule has 5 heteroatoms. The molecule has 1 atom stereocenters. The number of hydrogen-bond donors (Lipinski definition) is 1. The Bertz CT molecular complexity index is 322. The molecule has 2 heterocycles. The molecule has 1 unspecified atom stereocenters. The molecular formula is C11H19N3O2. The van der Waals surface area contributed by atoms with Gasteiger partial charge in [-0.05, 0) is 20.8 Å². The molecule has 0 radical (unpaired) electrons. The standard InChI is InChI=1S/C11H19N3O2/c1-11(2,3)14-5-4-13-7-12-9(15)6-8(13)10(14)16/h8H,4-7H2,1-3H3,(H,12,15). The maximum absolute atomic E-state index is 12.3. The summed E-state index contributed by atoms with van der Waals surface area (Å²) in [6.07, 6.45) is 0.297. The number of piperazine rings is 1. The predicted molar refractivity (Wildman–Crippen MR) is 59.6 cm³/mol. The van der Waals surface area contributed by atoms with E-state index in [1.165, 1.54) is 0 Å². The van der Waals surface area contributed by atoms with E-state index in [1.807, 2.05) is 30.6 Å². The fourth-order valence-corrected chi connectivity index (χ4v) is 2.34. The van der Waals surface area contributed by atoms with Crippen molar-refractivity contribution in [2.45, 2.75) is 38.8 Å². The van der Waals surface area contributed by atoms with Crippen LogP contribution in [-0.2, 0) is 9.59 Å². The number of nitrogens with one attached hydrogen (secondary N) is 1. The second-order valence-corrected chi connectivity index (χ2v) is 5.45. The number of hydrogen-bond acceptors (Lipinski definition) is 3. The zero-order valence-electron chi connectivity index (χ0n) is 10.1. The van der Waals surface area contributed by atoms with E-state index < -0.39 is 0 Å². The Kier molecular flexibility index (Phi) is 2.66. The van der Waals surface area contributed by atoms with Gasteiger partial charge in [-0.25, -0.2) is 0 Å². The molecule has 2 amide bonds. The van der Waals surface area contributed by atoms with E-state index in [2.05, 4.69) is 5.32 Å². The number of carbonyl (C=O) groups excluding carboxylic acids is 2. The normalized spacial score (nSPS) is 27.7. The molecule has 0 aromatic rings. The summed E-state index contributed by atoms with van der Waals surface area (Å²) in [5, 5.41) is 2.77. The molecule has 90 valence electrons. The Morgan fingerprint density at radius 3 is 2.56 bits per heavy atom. The number of carbonyl (C=O) groups is 2. The summed E-state index contributed by atoms with van der Waals surface area (Å²) in [5.74, 6) is 0.0685. The van der Waals surface area contributed by atoms with Crippen molar-refractivity contribution in [3.63, 3.8) is 0 Å². The average molecular weight is 225 g/mol. The molecule has 0 aliphatic carbocycles. The largest absolute Gasteiger partial charge is 0.343 e. The smallest absolute Gasteiger partial charge is 0.240 e. The molecule has 0 aromatic carbocycles. The summed E-state index contributed by atoms with van der Waals surface area (Å²) in [5.41, 5.74) is -0.156. The number of fused-ring (bicyclic) bond motifs is 1. The Hall–Kier alpha value is -1.10. The van der Waals surface area contributed by atoms with E-state index in [0.717, 1.165) is 13.1 Å². The molecule has 0 spiro atoms. The molecule has 2 aliphatic rings. The third-order valence-corrected chi connectivity index (χ3v) is 3.27. The van der Waals surface area contributed by atoms with E-state index >= 15 is 0 Å². The topological polar surface area (TPSA) is 52.6 Å². The number of rotatable bonds is 0. The van der Waals surface area contributed by atoms with Crippen LogP contribution < -0.4 is 5.32 Å². The zero-order chi connectivity index (χ0) is 11.9. The van der Waals surface area contributed by atoms with Crippen LogP contribution in [-0.4, -0.2) is 53.0 Å². The quantitative estimate of drug-likeness (QED) is 0.620. The van der Waals surface area contributed by atoms with Gasteiger partial charge in [0, 0.05) is 18.6 Å². The molecule has 0 aromatic heterocycles. The minimum absolute atomic E-state index is 0.0228. The van der Waals surface area contributed by atoms with Gasteiger partial charge in [0.2, 0.25) is 11.8 Å². The highest BCUT2D eigenvalue weighted by atomic mass is 16.2. The van der Waals surface area contributed by atoms with Crippen LogP contribution in [0, 0.1) is 0 Å². The Labute approximate surface area is 95.8 Å². The van der Waals surface area contributed by atoms with Crippen molar-refractivity contribution in [1.29, 1.82) is 0 Å². The summed E-state index contributed by atoms with van der Waals surface area (Å²) >= 11 is 0. The van der Waals surface area contributed by atoms with Gasteiger partial charge in [-0.2, -0.15) is 0 Å². The van der Waals surface area contributed by atoms with Gasteiger partial charge in [0.1, 0.15) is 0 Å². The molecule has 16 heavy (non-hydrogen) atoms. The Morgan fingerprint density at radius 2 is 1.94 bits per heavy atom. The van der Waals surface area contributed by atoms with Crippen LogP contribution in [0.1, 0.15) is 27.2 Å². The molecule has 5 nitrogen and oxygen atoms in total. The summed E-state index contributed by atoms with van der Waals surface area (Å²) in [6, 6.07) is -0.248. The molecule has 0 bridgehead atoms. The van der Waals surface area contributed by atoms with Crippen LogP contribution in [0.15, 0.2) is 0 Å². The van der Waals surface area contributed by atoms with Crippen LogP contribution in [0.3, 0.4) is 0 Å². The minimum Gasteiger partial charge on any atom is -0.343 e. The second-order valence-electron chi connectivity index (χ2n) is 5.45. The van der Waals surface area contributed by atoms with Gasteiger partial charge < -0.3 is 10.2 Å².